The summed E-state index contributed by atoms with van der Waals surface area (Å²) in [6.45, 7) is 2.64. The van der Waals surface area contributed by atoms with Crippen LogP contribution >= 0.6 is 0 Å². The second-order valence-corrected chi connectivity index (χ2v) is 8.16. The van der Waals surface area contributed by atoms with Crippen LogP contribution in [-0.2, 0) is 21.1 Å². The van der Waals surface area contributed by atoms with Crippen molar-refractivity contribution in [2.24, 2.45) is 5.92 Å². The van der Waals surface area contributed by atoms with Gasteiger partial charge in [0, 0.05) is 6.54 Å². The van der Waals surface area contributed by atoms with Crippen LogP contribution < -0.4 is 5.32 Å². The molecule has 21 heavy (non-hydrogen) atoms. The van der Waals surface area contributed by atoms with Crippen LogP contribution in [0.2, 0.25) is 0 Å². The van der Waals surface area contributed by atoms with Crippen LogP contribution in [0.1, 0.15) is 30.4 Å². The first-order valence-corrected chi connectivity index (χ1v) is 9.29. The van der Waals surface area contributed by atoms with Gasteiger partial charge in [-0.2, -0.15) is 0 Å². The molecule has 0 aromatic heterocycles. The van der Waals surface area contributed by atoms with Crippen molar-refractivity contribution in [3.8, 4) is 0 Å². The lowest BCUT2D eigenvalue weighted by Crippen LogP contribution is -2.26. The van der Waals surface area contributed by atoms with Crippen molar-refractivity contribution in [1.82, 2.24) is 5.32 Å². The number of hydrogen-bond donors (Lipinski definition) is 1. The third-order valence-corrected chi connectivity index (χ3v) is 5.72. The molecule has 1 heterocycles. The van der Waals surface area contributed by atoms with E-state index in [1.165, 1.54) is 0 Å². The van der Waals surface area contributed by atoms with E-state index in [1.807, 2.05) is 31.2 Å². The van der Waals surface area contributed by atoms with E-state index in [0.29, 0.717) is 24.5 Å². The van der Waals surface area contributed by atoms with Crippen molar-refractivity contribution in [1.29, 1.82) is 0 Å². The van der Waals surface area contributed by atoms with Gasteiger partial charge in [-0.1, -0.05) is 29.8 Å². The first-order valence-electron chi connectivity index (χ1n) is 7.47. The Balaban J connectivity index is 1.64. The smallest absolute Gasteiger partial charge is 0.224 e. The third-order valence-electron chi connectivity index (χ3n) is 3.89. The fraction of sp³-hybridized carbons (Fsp3) is 0.562. The van der Waals surface area contributed by atoms with Crippen LogP contribution in [0.4, 0.5) is 0 Å². The Morgan fingerprint density at radius 2 is 2.19 bits per heavy atom. The van der Waals surface area contributed by atoms with Gasteiger partial charge in [-0.3, -0.25) is 4.79 Å². The SMILES string of the molecule is Cc1cccc(CC(=O)NCCCC2CCS(=O)(=O)C2)c1. The average molecular weight is 309 g/mol. The molecular weight excluding hydrogens is 286 g/mol. The number of benzene rings is 1. The van der Waals surface area contributed by atoms with Crippen molar-refractivity contribution in [2.45, 2.75) is 32.6 Å². The molecule has 5 heteroatoms. The molecule has 1 aromatic rings. The highest BCUT2D eigenvalue weighted by molar-refractivity contribution is 7.91. The van der Waals surface area contributed by atoms with Crippen molar-refractivity contribution in [3.05, 3.63) is 35.4 Å². The van der Waals surface area contributed by atoms with Crippen molar-refractivity contribution in [3.63, 3.8) is 0 Å². The zero-order valence-corrected chi connectivity index (χ0v) is 13.3. The summed E-state index contributed by atoms with van der Waals surface area (Å²) in [4.78, 5) is 11.8. The Morgan fingerprint density at radius 3 is 2.86 bits per heavy atom. The Morgan fingerprint density at radius 1 is 1.38 bits per heavy atom. The number of carbonyl (C=O) groups is 1. The van der Waals surface area contributed by atoms with Crippen LogP contribution in [0.25, 0.3) is 0 Å². The minimum absolute atomic E-state index is 0.0274. The number of nitrogens with one attached hydrogen (secondary N) is 1. The van der Waals surface area contributed by atoms with Crippen molar-refractivity contribution in [2.75, 3.05) is 18.1 Å². The lowest BCUT2D eigenvalue weighted by Gasteiger charge is -2.09. The third kappa shape index (κ3) is 5.50. The van der Waals surface area contributed by atoms with Gasteiger partial charge in [-0.25, -0.2) is 8.42 Å². The van der Waals surface area contributed by atoms with Gasteiger partial charge in [0.1, 0.15) is 0 Å². The zero-order chi connectivity index (χ0) is 15.3. The summed E-state index contributed by atoms with van der Waals surface area (Å²) in [7, 11) is -2.78. The molecule has 1 aliphatic heterocycles. The summed E-state index contributed by atoms with van der Waals surface area (Å²) in [5.74, 6) is 0.963. The number of aryl methyl sites for hydroxylation is 1. The molecule has 1 fully saturated rings. The lowest BCUT2D eigenvalue weighted by atomic mass is 10.0. The molecule has 1 amide bonds. The van der Waals surface area contributed by atoms with E-state index in [2.05, 4.69) is 5.32 Å². The van der Waals surface area contributed by atoms with Gasteiger partial charge in [0.05, 0.1) is 17.9 Å². The average Bonchev–Trinajstić information content (AvgIpc) is 2.74. The summed E-state index contributed by atoms with van der Waals surface area (Å²) in [5, 5.41) is 2.91. The highest BCUT2D eigenvalue weighted by Crippen LogP contribution is 2.22. The lowest BCUT2D eigenvalue weighted by molar-refractivity contribution is -0.120. The number of hydrogen-bond acceptors (Lipinski definition) is 3. The molecule has 1 aromatic carbocycles. The molecule has 1 unspecified atom stereocenters. The van der Waals surface area contributed by atoms with E-state index in [1.54, 1.807) is 0 Å². The number of carbonyl (C=O) groups excluding carboxylic acids is 1. The minimum atomic E-state index is -2.78. The van der Waals surface area contributed by atoms with E-state index in [4.69, 9.17) is 0 Å². The van der Waals surface area contributed by atoms with Crippen molar-refractivity contribution >= 4 is 15.7 Å². The van der Waals surface area contributed by atoms with E-state index in [-0.39, 0.29) is 11.8 Å². The fourth-order valence-corrected chi connectivity index (χ4v) is 4.70. The predicted molar refractivity (Wildman–Crippen MR) is 83.9 cm³/mol. The molecule has 1 N–H and O–H groups in total. The fourth-order valence-electron chi connectivity index (χ4n) is 2.79. The minimum Gasteiger partial charge on any atom is -0.356 e. The predicted octanol–water partition coefficient (Wildman–Crippen LogP) is 1.87. The molecule has 116 valence electrons. The Bertz CT molecular complexity index is 595. The molecule has 2 rings (SSSR count). The van der Waals surface area contributed by atoms with Crippen LogP contribution in [0.15, 0.2) is 24.3 Å². The molecular formula is C16H23NO3S. The number of amides is 1. The largest absolute Gasteiger partial charge is 0.356 e. The molecule has 0 spiro atoms. The first kappa shape index (κ1) is 16.0. The summed E-state index contributed by atoms with van der Waals surface area (Å²) in [6, 6.07) is 7.94. The summed E-state index contributed by atoms with van der Waals surface area (Å²) in [6.07, 6.45) is 2.91. The Kier molecular flexibility index (Phi) is 5.39. The van der Waals surface area contributed by atoms with E-state index < -0.39 is 9.84 Å². The van der Waals surface area contributed by atoms with Gasteiger partial charge < -0.3 is 5.32 Å². The first-order chi connectivity index (χ1) is 9.94. The Labute approximate surface area is 126 Å². The molecule has 1 aliphatic rings. The van der Waals surface area contributed by atoms with Gasteiger partial charge in [0.2, 0.25) is 5.91 Å². The second-order valence-electron chi connectivity index (χ2n) is 5.93. The highest BCUT2D eigenvalue weighted by atomic mass is 32.2. The van der Waals surface area contributed by atoms with Crippen LogP contribution in [0.5, 0.6) is 0 Å². The van der Waals surface area contributed by atoms with Gasteiger partial charge in [0.15, 0.2) is 9.84 Å². The van der Waals surface area contributed by atoms with E-state index >= 15 is 0 Å². The quantitative estimate of drug-likeness (QED) is 0.816. The molecule has 1 saturated heterocycles. The van der Waals surface area contributed by atoms with Crippen LogP contribution in [0.3, 0.4) is 0 Å². The monoisotopic (exact) mass is 309 g/mol. The van der Waals surface area contributed by atoms with Crippen molar-refractivity contribution < 1.29 is 13.2 Å². The van der Waals surface area contributed by atoms with Gasteiger partial charge in [0.25, 0.3) is 0 Å². The number of rotatable bonds is 6. The maximum absolute atomic E-state index is 11.8. The van der Waals surface area contributed by atoms with Gasteiger partial charge in [-0.15, -0.1) is 0 Å². The zero-order valence-electron chi connectivity index (χ0n) is 12.5. The molecule has 4 nitrogen and oxygen atoms in total. The molecule has 0 saturated carbocycles. The number of sulfone groups is 1. The standard InChI is InChI=1S/C16H23NO3S/c1-13-4-2-5-15(10-13)11-16(18)17-8-3-6-14-7-9-21(19,20)12-14/h2,4-5,10,14H,3,6-9,11-12H2,1H3,(H,17,18). The van der Waals surface area contributed by atoms with E-state index in [0.717, 1.165) is 30.4 Å². The molecule has 0 aliphatic carbocycles. The maximum atomic E-state index is 11.8. The summed E-state index contributed by atoms with van der Waals surface area (Å²) < 4.78 is 22.7. The van der Waals surface area contributed by atoms with Gasteiger partial charge in [-0.05, 0) is 37.7 Å². The molecule has 0 bridgehead atoms. The Hall–Kier alpha value is -1.36. The molecule has 1 atom stereocenters. The van der Waals surface area contributed by atoms with Gasteiger partial charge >= 0.3 is 0 Å². The summed E-state index contributed by atoms with van der Waals surface area (Å²) >= 11 is 0. The highest BCUT2D eigenvalue weighted by Gasteiger charge is 2.27. The normalized spacial score (nSPS) is 20.3. The maximum Gasteiger partial charge on any atom is 0.224 e. The molecule has 0 radical (unpaired) electrons. The van der Waals surface area contributed by atoms with Crippen LogP contribution in [0, 0.1) is 12.8 Å². The van der Waals surface area contributed by atoms with Crippen LogP contribution in [-0.4, -0.2) is 32.4 Å². The van der Waals surface area contributed by atoms with E-state index in [9.17, 15) is 13.2 Å². The summed E-state index contributed by atoms with van der Waals surface area (Å²) in [5.41, 5.74) is 2.18. The second kappa shape index (κ2) is 7.07. The topological polar surface area (TPSA) is 63.2 Å².